The Morgan fingerprint density at radius 2 is 1.93 bits per heavy atom. The molecule has 3 rings (SSSR count). The smallest absolute Gasteiger partial charge is 0.387 e. The number of hydrogen-bond donors (Lipinski definition) is 2. The van der Waals surface area contributed by atoms with Crippen LogP contribution in [-0.4, -0.2) is 30.8 Å². The largest absolute Gasteiger partial charge is 0.454 e. The number of rotatable bonds is 8. The van der Waals surface area contributed by atoms with Crippen molar-refractivity contribution in [2.45, 2.75) is 26.6 Å². The number of ether oxygens (including phenoxy) is 3. The monoisotopic (exact) mass is 422 g/mol. The first-order chi connectivity index (χ1) is 14.5. The molecule has 11 heteroatoms. The molecule has 2 N–H and O–H groups in total. The number of hydrogen-bond acceptors (Lipinski definition) is 6. The van der Waals surface area contributed by atoms with E-state index < -0.39 is 11.5 Å². The highest BCUT2D eigenvalue weighted by Crippen LogP contribution is 2.38. The molecule has 0 unspecified atom stereocenters. The number of benzene rings is 2. The Balaban J connectivity index is 1.71. The number of fused-ring (bicyclic) bond motifs is 1. The van der Waals surface area contributed by atoms with E-state index in [-0.39, 0.29) is 31.3 Å². The van der Waals surface area contributed by atoms with Gasteiger partial charge in [-0.1, -0.05) is 12.1 Å². The van der Waals surface area contributed by atoms with E-state index in [0.29, 0.717) is 29.6 Å². The number of alkyl halides is 2. The summed E-state index contributed by atoms with van der Waals surface area (Å²) in [5, 5.41) is 16.8. The quantitative estimate of drug-likeness (QED) is 0.291. The summed E-state index contributed by atoms with van der Waals surface area (Å²) >= 11 is 0. The van der Waals surface area contributed by atoms with Crippen LogP contribution in [0, 0.1) is 10.1 Å². The van der Waals surface area contributed by atoms with Crippen LogP contribution in [0.25, 0.3) is 0 Å². The number of nitrogens with one attached hydrogen (secondary N) is 2. The summed E-state index contributed by atoms with van der Waals surface area (Å²) < 4.78 is 40.6. The number of aliphatic imine (C=N–C) groups is 1. The minimum atomic E-state index is -2.98. The average Bonchev–Trinajstić information content (AvgIpc) is 3.17. The van der Waals surface area contributed by atoms with Crippen LogP contribution in [0.4, 0.5) is 14.5 Å². The first kappa shape index (κ1) is 21.1. The molecule has 0 atom stereocenters. The molecule has 0 aromatic heterocycles. The minimum Gasteiger partial charge on any atom is -0.454 e. The predicted molar refractivity (Wildman–Crippen MR) is 104 cm³/mol. The zero-order chi connectivity index (χ0) is 21.5. The number of guanidine groups is 1. The van der Waals surface area contributed by atoms with Crippen LogP contribution in [-0.2, 0) is 13.1 Å². The van der Waals surface area contributed by atoms with Crippen molar-refractivity contribution in [3.63, 3.8) is 0 Å². The molecule has 0 radical (unpaired) electrons. The van der Waals surface area contributed by atoms with Crippen molar-refractivity contribution in [1.29, 1.82) is 0 Å². The number of non-ortho nitro benzene ring substituents is 1. The molecule has 1 aliphatic heterocycles. The number of nitro benzene ring substituents is 1. The maximum absolute atomic E-state index is 12.8. The highest BCUT2D eigenvalue weighted by atomic mass is 19.3. The summed E-state index contributed by atoms with van der Waals surface area (Å²) in [7, 11) is 0. The highest BCUT2D eigenvalue weighted by Gasteiger charge is 2.20. The van der Waals surface area contributed by atoms with Gasteiger partial charge in [0.25, 0.3) is 5.69 Å². The molecule has 2 aromatic rings. The normalized spacial score (nSPS) is 12.7. The van der Waals surface area contributed by atoms with E-state index >= 15 is 0 Å². The molecule has 30 heavy (non-hydrogen) atoms. The summed E-state index contributed by atoms with van der Waals surface area (Å²) in [6.07, 6.45) is 0. The van der Waals surface area contributed by atoms with Crippen molar-refractivity contribution >= 4 is 11.6 Å². The van der Waals surface area contributed by atoms with E-state index in [1.165, 1.54) is 18.2 Å². The van der Waals surface area contributed by atoms with Gasteiger partial charge in [-0.05, 0) is 18.6 Å². The van der Waals surface area contributed by atoms with Crippen molar-refractivity contribution < 1.29 is 27.9 Å². The molecular weight excluding hydrogens is 402 g/mol. The Bertz CT molecular complexity index is 922. The van der Waals surface area contributed by atoms with Crippen LogP contribution in [0.3, 0.4) is 0 Å². The first-order valence-electron chi connectivity index (χ1n) is 9.09. The van der Waals surface area contributed by atoms with E-state index in [0.717, 1.165) is 5.56 Å². The van der Waals surface area contributed by atoms with Crippen molar-refractivity contribution in [3.8, 4) is 17.2 Å². The lowest BCUT2D eigenvalue weighted by atomic mass is 10.1. The Kier molecular flexibility index (Phi) is 6.83. The Morgan fingerprint density at radius 1 is 1.23 bits per heavy atom. The van der Waals surface area contributed by atoms with E-state index in [2.05, 4.69) is 20.4 Å². The molecule has 0 spiro atoms. The third kappa shape index (κ3) is 5.46. The molecule has 0 amide bonds. The molecule has 0 saturated carbocycles. The second-order valence-corrected chi connectivity index (χ2v) is 6.16. The van der Waals surface area contributed by atoms with Crippen molar-refractivity contribution in [3.05, 3.63) is 57.6 Å². The predicted octanol–water partition coefficient (Wildman–Crippen LogP) is 3.18. The maximum Gasteiger partial charge on any atom is 0.387 e. The lowest BCUT2D eigenvalue weighted by Crippen LogP contribution is -2.36. The fraction of sp³-hybridized carbons (Fsp3) is 0.316. The van der Waals surface area contributed by atoms with Gasteiger partial charge in [0, 0.05) is 36.9 Å². The summed E-state index contributed by atoms with van der Waals surface area (Å²) in [6, 6.07) is 9.01. The summed E-state index contributed by atoms with van der Waals surface area (Å²) in [4.78, 5) is 14.7. The third-order valence-corrected chi connectivity index (χ3v) is 4.13. The van der Waals surface area contributed by atoms with Gasteiger partial charge in [0.05, 0.1) is 11.5 Å². The highest BCUT2D eigenvalue weighted by molar-refractivity contribution is 5.79. The molecule has 1 aliphatic rings. The second kappa shape index (κ2) is 9.72. The topological polar surface area (TPSA) is 107 Å². The van der Waals surface area contributed by atoms with Crippen LogP contribution < -0.4 is 24.8 Å². The van der Waals surface area contributed by atoms with Crippen LogP contribution in [0.15, 0.2) is 41.4 Å². The molecule has 0 bridgehead atoms. The minimum absolute atomic E-state index is 0.00197. The summed E-state index contributed by atoms with van der Waals surface area (Å²) in [5.41, 5.74) is 1.23. The van der Waals surface area contributed by atoms with Crippen LogP contribution in [0.1, 0.15) is 18.1 Å². The standard InChI is InChI=1S/C19H20F2N4O5/c1-2-22-19(23-9-12-3-5-14(6-4-12)25(26)27)24-10-13-7-16-17(29-11-28-16)8-15(13)30-18(20)21/h3-8,18H,2,9-11H2,1H3,(H2,22,23,24). The zero-order valence-electron chi connectivity index (χ0n) is 16.1. The van der Waals surface area contributed by atoms with E-state index in [1.54, 1.807) is 18.2 Å². The fourth-order valence-corrected chi connectivity index (χ4v) is 2.72. The lowest BCUT2D eigenvalue weighted by Gasteiger charge is -2.15. The summed E-state index contributed by atoms with van der Waals surface area (Å²) in [5.74, 6) is 1.21. The average molecular weight is 422 g/mol. The number of nitro groups is 1. The number of halogens is 2. The Hall–Kier alpha value is -3.63. The van der Waals surface area contributed by atoms with E-state index in [1.807, 2.05) is 6.92 Å². The second-order valence-electron chi connectivity index (χ2n) is 6.16. The van der Waals surface area contributed by atoms with Gasteiger partial charge < -0.3 is 24.8 Å². The Labute approximate surface area is 170 Å². The van der Waals surface area contributed by atoms with E-state index in [4.69, 9.17) is 9.47 Å². The summed E-state index contributed by atoms with van der Waals surface area (Å²) in [6.45, 7) is -0.0878. The van der Waals surface area contributed by atoms with Gasteiger partial charge in [-0.25, -0.2) is 4.99 Å². The Morgan fingerprint density at radius 3 is 2.57 bits per heavy atom. The molecule has 9 nitrogen and oxygen atoms in total. The SMILES string of the molecule is CCNC(=NCc1ccc([N+](=O)[O-])cc1)NCc1cc2c(cc1OC(F)F)OCO2. The van der Waals surface area contributed by atoms with Gasteiger partial charge in [0.15, 0.2) is 17.5 Å². The molecule has 2 aromatic carbocycles. The maximum atomic E-state index is 12.8. The van der Waals surface area contributed by atoms with Crippen LogP contribution in [0.5, 0.6) is 17.2 Å². The molecule has 0 fully saturated rings. The van der Waals surface area contributed by atoms with Gasteiger partial charge in [-0.2, -0.15) is 8.78 Å². The van der Waals surface area contributed by atoms with Crippen LogP contribution in [0.2, 0.25) is 0 Å². The third-order valence-electron chi connectivity index (χ3n) is 4.13. The molecule has 0 aliphatic carbocycles. The van der Waals surface area contributed by atoms with Crippen molar-refractivity contribution in [2.75, 3.05) is 13.3 Å². The first-order valence-corrected chi connectivity index (χ1v) is 9.09. The van der Waals surface area contributed by atoms with Crippen molar-refractivity contribution in [2.24, 2.45) is 4.99 Å². The van der Waals surface area contributed by atoms with Crippen LogP contribution >= 0.6 is 0 Å². The van der Waals surface area contributed by atoms with Gasteiger partial charge in [-0.15, -0.1) is 0 Å². The van der Waals surface area contributed by atoms with Gasteiger partial charge >= 0.3 is 6.61 Å². The van der Waals surface area contributed by atoms with Crippen molar-refractivity contribution in [1.82, 2.24) is 10.6 Å². The van der Waals surface area contributed by atoms with Gasteiger partial charge in [0.2, 0.25) is 6.79 Å². The number of nitrogens with zero attached hydrogens (tertiary/aromatic N) is 2. The van der Waals surface area contributed by atoms with Gasteiger partial charge in [0.1, 0.15) is 5.75 Å². The van der Waals surface area contributed by atoms with E-state index in [9.17, 15) is 18.9 Å². The lowest BCUT2D eigenvalue weighted by molar-refractivity contribution is -0.384. The molecular formula is C19H20F2N4O5. The molecule has 160 valence electrons. The van der Waals surface area contributed by atoms with Gasteiger partial charge in [-0.3, -0.25) is 10.1 Å². The molecule has 1 heterocycles. The molecule has 0 saturated heterocycles. The zero-order valence-corrected chi connectivity index (χ0v) is 16.1. The fourth-order valence-electron chi connectivity index (χ4n) is 2.72.